The van der Waals surface area contributed by atoms with Crippen LogP contribution >= 0.6 is 0 Å². The van der Waals surface area contributed by atoms with E-state index in [1.165, 1.54) is 111 Å². The van der Waals surface area contributed by atoms with Crippen molar-refractivity contribution in [3.8, 4) is 22.3 Å². The lowest BCUT2D eigenvalue weighted by Gasteiger charge is -2.35. The van der Waals surface area contributed by atoms with Crippen molar-refractivity contribution in [3.05, 3.63) is 236 Å². The fraction of sp³-hybridized carbons (Fsp3) is 0.220. The van der Waals surface area contributed by atoms with Crippen LogP contribution in [0.5, 0.6) is 0 Å². The van der Waals surface area contributed by atoms with Crippen molar-refractivity contribution < 1.29 is 0 Å². The van der Waals surface area contributed by atoms with Crippen LogP contribution in [0.15, 0.2) is 158 Å². The third-order valence-electron chi connectivity index (χ3n) is 12.8. The summed E-state index contributed by atoms with van der Waals surface area (Å²) in [6, 6.07) is 60.9. The first kappa shape index (κ1) is 38.5. The minimum Gasteiger partial charge on any atom is -0.0622 e. The predicted molar refractivity (Wildman–Crippen MR) is 252 cm³/mol. The van der Waals surface area contributed by atoms with Crippen LogP contribution in [-0.4, -0.2) is 0 Å². The maximum atomic E-state index is 2.57. The molecule has 0 atom stereocenters. The molecule has 0 saturated heterocycles. The Kier molecular flexibility index (Phi) is 10.4. The van der Waals surface area contributed by atoms with Crippen LogP contribution in [-0.2, 0) is 31.1 Å². The lowest BCUT2D eigenvalue weighted by atomic mass is 9.66. The molecule has 8 aromatic rings. The smallest absolute Gasteiger partial charge is 0.0622 e. The van der Waals surface area contributed by atoms with E-state index in [1.54, 1.807) is 0 Å². The van der Waals surface area contributed by atoms with Gasteiger partial charge in [-0.05, 0) is 170 Å². The van der Waals surface area contributed by atoms with Gasteiger partial charge in [0.25, 0.3) is 0 Å². The van der Waals surface area contributed by atoms with E-state index >= 15 is 0 Å². The molecule has 0 nitrogen and oxygen atoms in total. The molecule has 1 aliphatic rings. The Morgan fingerprint density at radius 2 is 0.814 bits per heavy atom. The Bertz CT molecular complexity index is 2730. The second-order valence-corrected chi connectivity index (χ2v) is 17.6. The number of benzene rings is 8. The quantitative estimate of drug-likeness (QED) is 0.123. The van der Waals surface area contributed by atoms with Crippen molar-refractivity contribution in [2.75, 3.05) is 0 Å². The van der Waals surface area contributed by atoms with Gasteiger partial charge in [-0.25, -0.2) is 0 Å². The summed E-state index contributed by atoms with van der Waals surface area (Å²) in [6.07, 6.45) is 6.50. The van der Waals surface area contributed by atoms with Gasteiger partial charge in [-0.3, -0.25) is 0 Å². The summed E-state index contributed by atoms with van der Waals surface area (Å²) in [6.45, 7) is 13.5. The van der Waals surface area contributed by atoms with E-state index in [0.29, 0.717) is 0 Å². The van der Waals surface area contributed by atoms with E-state index in [4.69, 9.17) is 0 Å². The molecule has 0 heterocycles. The van der Waals surface area contributed by atoms with E-state index in [0.717, 1.165) is 38.5 Å². The summed E-state index contributed by atoms with van der Waals surface area (Å²) < 4.78 is 0. The molecule has 0 aliphatic heterocycles. The number of hydrogen-bond donors (Lipinski definition) is 0. The lowest BCUT2D eigenvalue weighted by Crippen LogP contribution is -2.29. The minimum absolute atomic E-state index is 0.463. The summed E-state index contributed by atoms with van der Waals surface area (Å²) in [5.41, 5.74) is 23.8. The molecule has 292 valence electrons. The molecular formula is C59H56. The molecule has 9 rings (SSSR count). The molecule has 0 radical (unpaired) electrons. The van der Waals surface area contributed by atoms with Crippen LogP contribution in [0.25, 0.3) is 33.0 Å². The third-order valence-corrected chi connectivity index (χ3v) is 12.8. The van der Waals surface area contributed by atoms with Crippen molar-refractivity contribution in [3.63, 3.8) is 0 Å². The van der Waals surface area contributed by atoms with Crippen LogP contribution in [0.4, 0.5) is 0 Å². The van der Waals surface area contributed by atoms with E-state index < -0.39 is 5.41 Å². The highest BCUT2D eigenvalue weighted by Crippen LogP contribution is 2.57. The van der Waals surface area contributed by atoms with Gasteiger partial charge in [-0.1, -0.05) is 179 Å². The molecule has 0 unspecified atom stereocenters. The zero-order chi connectivity index (χ0) is 40.7. The molecule has 0 fully saturated rings. The lowest BCUT2D eigenvalue weighted by molar-refractivity contribution is 0.763. The van der Waals surface area contributed by atoms with Gasteiger partial charge < -0.3 is 0 Å². The average molecular weight is 765 g/mol. The third kappa shape index (κ3) is 7.47. The molecule has 0 bridgehead atoms. The molecule has 59 heavy (non-hydrogen) atoms. The Labute approximate surface area is 352 Å². The zero-order valence-corrected chi connectivity index (χ0v) is 35.8. The van der Waals surface area contributed by atoms with Crippen LogP contribution in [0.2, 0.25) is 0 Å². The van der Waals surface area contributed by atoms with Gasteiger partial charge in [-0.15, -0.1) is 0 Å². The maximum Gasteiger partial charge on any atom is 0.0714 e. The highest BCUT2D eigenvalue weighted by molar-refractivity contribution is 5.95. The second kappa shape index (κ2) is 16.0. The van der Waals surface area contributed by atoms with E-state index in [-0.39, 0.29) is 0 Å². The Morgan fingerprint density at radius 1 is 0.339 bits per heavy atom. The highest BCUT2D eigenvalue weighted by atomic mass is 14.5. The first-order chi connectivity index (χ1) is 28.6. The van der Waals surface area contributed by atoms with Gasteiger partial charge in [0.2, 0.25) is 0 Å². The molecule has 0 amide bonds. The van der Waals surface area contributed by atoms with Gasteiger partial charge in [0.15, 0.2) is 0 Å². The summed E-state index contributed by atoms with van der Waals surface area (Å²) in [4.78, 5) is 0. The molecule has 0 saturated carbocycles. The van der Waals surface area contributed by atoms with Crippen LogP contribution in [0, 0.1) is 41.5 Å². The van der Waals surface area contributed by atoms with E-state index in [2.05, 4.69) is 199 Å². The first-order valence-corrected chi connectivity index (χ1v) is 21.7. The number of aryl methyl sites for hydroxylation is 10. The average Bonchev–Trinajstić information content (AvgIpc) is 3.50. The molecular weight excluding hydrogens is 709 g/mol. The van der Waals surface area contributed by atoms with Gasteiger partial charge >= 0.3 is 0 Å². The standard InChI is InChI=1S/C59H56/c1-39-23-25-53-54-26-24-47(38-58(54)59(57(53)35-39,51-30-40(2)27-41(3)31-51)52-32-42(4)28-43(5)33-52)50-36-49(22-14-20-46-17-11-8-12-18-46)55-34-44(6)29-48(56(55)37-50)21-13-19-45-15-9-7-10-16-45/h7-12,15-18,23-38H,13-14,19-22H2,1-6H3. The van der Waals surface area contributed by atoms with Crippen LogP contribution < -0.4 is 0 Å². The fourth-order valence-electron chi connectivity index (χ4n) is 10.4. The Balaban J connectivity index is 1.24. The number of rotatable bonds is 11. The molecule has 1 aliphatic carbocycles. The van der Waals surface area contributed by atoms with Crippen LogP contribution in [0.3, 0.4) is 0 Å². The van der Waals surface area contributed by atoms with Crippen LogP contribution in [0.1, 0.15) is 90.7 Å². The topological polar surface area (TPSA) is 0 Å². The predicted octanol–water partition coefficient (Wildman–Crippen LogP) is 15.1. The normalized spacial score (nSPS) is 12.8. The Morgan fingerprint density at radius 3 is 1.37 bits per heavy atom. The van der Waals surface area contributed by atoms with Crippen molar-refractivity contribution in [2.24, 2.45) is 0 Å². The summed E-state index contributed by atoms with van der Waals surface area (Å²) in [5, 5.41) is 2.82. The molecule has 0 heteroatoms. The van der Waals surface area contributed by atoms with Gasteiger partial charge in [0.05, 0.1) is 5.41 Å². The number of hydrogen-bond acceptors (Lipinski definition) is 0. The monoisotopic (exact) mass is 764 g/mol. The first-order valence-electron chi connectivity index (χ1n) is 21.7. The molecule has 0 N–H and O–H groups in total. The molecule has 0 spiro atoms. The number of fused-ring (bicyclic) bond motifs is 4. The van der Waals surface area contributed by atoms with Crippen molar-refractivity contribution in [1.82, 2.24) is 0 Å². The fourth-order valence-corrected chi connectivity index (χ4v) is 10.4. The second-order valence-electron chi connectivity index (χ2n) is 17.6. The highest BCUT2D eigenvalue weighted by Gasteiger charge is 2.46. The van der Waals surface area contributed by atoms with Crippen molar-refractivity contribution >= 4 is 10.8 Å². The summed E-state index contributed by atoms with van der Waals surface area (Å²) >= 11 is 0. The van der Waals surface area contributed by atoms with Gasteiger partial charge in [0.1, 0.15) is 0 Å². The molecule has 0 aromatic heterocycles. The van der Waals surface area contributed by atoms with Gasteiger partial charge in [-0.2, -0.15) is 0 Å². The maximum absolute atomic E-state index is 2.57. The summed E-state index contributed by atoms with van der Waals surface area (Å²) in [7, 11) is 0. The van der Waals surface area contributed by atoms with E-state index in [9.17, 15) is 0 Å². The Hall–Kier alpha value is -5.98. The largest absolute Gasteiger partial charge is 0.0714 e. The van der Waals surface area contributed by atoms with Gasteiger partial charge in [0, 0.05) is 0 Å². The minimum atomic E-state index is -0.463. The summed E-state index contributed by atoms with van der Waals surface area (Å²) in [5.74, 6) is 0. The van der Waals surface area contributed by atoms with Crippen molar-refractivity contribution in [2.45, 2.75) is 85.5 Å². The zero-order valence-electron chi connectivity index (χ0n) is 35.8. The van der Waals surface area contributed by atoms with E-state index in [1.807, 2.05) is 0 Å². The SMILES string of the molecule is Cc1cc(C)cc(C2(c3cc(C)cc(C)c3)c3cc(C)ccc3-c3ccc(-c4cc(CCCc5ccccc5)c5cc(C)cc(CCCc6ccccc6)c5c4)cc32)c1. The van der Waals surface area contributed by atoms with Crippen molar-refractivity contribution in [1.29, 1.82) is 0 Å². The molecule has 8 aromatic carbocycles.